The number of rotatable bonds is 7. The lowest BCUT2D eigenvalue weighted by Gasteiger charge is -2.21. The maximum atomic E-state index is 13.4. The van der Waals surface area contributed by atoms with E-state index in [1.807, 2.05) is 79.7 Å². The van der Waals surface area contributed by atoms with E-state index in [0.29, 0.717) is 10.7 Å². The van der Waals surface area contributed by atoms with Gasteiger partial charge in [0.05, 0.1) is 0 Å². The molecule has 0 bridgehead atoms. The number of halogens is 1. The summed E-state index contributed by atoms with van der Waals surface area (Å²) in [4.78, 5) is 27.0. The summed E-state index contributed by atoms with van der Waals surface area (Å²) in [7, 11) is 0. The van der Waals surface area contributed by atoms with Crippen LogP contribution in [-0.4, -0.2) is 11.8 Å². The van der Waals surface area contributed by atoms with Crippen LogP contribution in [0.2, 0.25) is 5.02 Å². The van der Waals surface area contributed by atoms with E-state index in [1.165, 1.54) is 18.2 Å². The van der Waals surface area contributed by atoms with Gasteiger partial charge in [0, 0.05) is 27.2 Å². The van der Waals surface area contributed by atoms with Crippen molar-refractivity contribution in [2.75, 3.05) is 10.6 Å². The highest BCUT2D eigenvalue weighted by molar-refractivity contribution is 8.00. The Morgan fingerprint density at radius 2 is 1.65 bits per heavy atom. The Labute approximate surface area is 210 Å². The highest BCUT2D eigenvalue weighted by atomic mass is 35.5. The number of anilines is 2. The Balaban J connectivity index is 1.52. The van der Waals surface area contributed by atoms with Gasteiger partial charge < -0.3 is 10.6 Å². The predicted octanol–water partition coefficient (Wildman–Crippen LogP) is 7.64. The lowest BCUT2D eigenvalue weighted by Crippen LogP contribution is -2.24. The molecular formula is C28H29ClN2O2S. The lowest BCUT2D eigenvalue weighted by molar-refractivity contribution is -0.120. The molecule has 3 aromatic carbocycles. The van der Waals surface area contributed by atoms with Crippen LogP contribution in [0.4, 0.5) is 11.4 Å². The largest absolute Gasteiger partial charge is 0.326 e. The molecule has 4 nitrogen and oxygen atoms in total. The van der Waals surface area contributed by atoms with Gasteiger partial charge in [-0.3, -0.25) is 9.59 Å². The Hall–Kier alpha value is -2.76. The topological polar surface area (TPSA) is 58.2 Å². The summed E-state index contributed by atoms with van der Waals surface area (Å²) in [5, 5.41) is 6.27. The molecule has 3 aromatic rings. The third-order valence-corrected chi connectivity index (χ3v) is 7.85. The number of hydrogen-bond acceptors (Lipinski definition) is 3. The van der Waals surface area contributed by atoms with Crippen molar-refractivity contribution in [3.05, 3.63) is 88.9 Å². The van der Waals surface area contributed by atoms with E-state index in [2.05, 4.69) is 10.6 Å². The van der Waals surface area contributed by atoms with Crippen molar-refractivity contribution in [1.29, 1.82) is 0 Å². The maximum Gasteiger partial charge on any atom is 0.242 e. The SMILES string of the molecule is Cc1c(Cl)cccc1NC(=O)C(Sc1cccc(NC(=O)C2CCCCC2)c1)c1ccccc1. The fraction of sp³-hybridized carbons (Fsp3) is 0.286. The highest BCUT2D eigenvalue weighted by Crippen LogP contribution is 2.38. The smallest absolute Gasteiger partial charge is 0.242 e. The van der Waals surface area contributed by atoms with Gasteiger partial charge in [0.25, 0.3) is 0 Å². The summed E-state index contributed by atoms with van der Waals surface area (Å²) >= 11 is 7.71. The molecule has 0 aliphatic heterocycles. The molecule has 0 heterocycles. The van der Waals surface area contributed by atoms with Crippen LogP contribution in [0.25, 0.3) is 0 Å². The van der Waals surface area contributed by atoms with Crippen LogP contribution in [0, 0.1) is 12.8 Å². The molecule has 4 rings (SSSR count). The van der Waals surface area contributed by atoms with E-state index in [9.17, 15) is 9.59 Å². The van der Waals surface area contributed by atoms with Crippen LogP contribution in [0.5, 0.6) is 0 Å². The molecule has 2 amide bonds. The average Bonchev–Trinajstić information content (AvgIpc) is 2.86. The quantitative estimate of drug-likeness (QED) is 0.333. The summed E-state index contributed by atoms with van der Waals surface area (Å²) in [5.74, 6) is 0.0580. The second-order valence-corrected chi connectivity index (χ2v) is 10.2. The van der Waals surface area contributed by atoms with Crippen LogP contribution < -0.4 is 10.6 Å². The van der Waals surface area contributed by atoms with E-state index in [1.54, 1.807) is 0 Å². The van der Waals surface area contributed by atoms with E-state index in [4.69, 9.17) is 11.6 Å². The van der Waals surface area contributed by atoms with Gasteiger partial charge in [0.15, 0.2) is 0 Å². The molecule has 1 fully saturated rings. The number of thioether (sulfide) groups is 1. The summed E-state index contributed by atoms with van der Waals surface area (Å²) in [5.41, 5.74) is 3.20. The first-order chi connectivity index (χ1) is 16.5. The standard InChI is InChI=1S/C28H29ClN2O2S/c1-19-24(29)16-9-17-25(19)31-28(33)26(20-10-4-2-5-11-20)34-23-15-8-14-22(18-23)30-27(32)21-12-6-3-7-13-21/h2,4-5,8-11,14-18,21,26H,3,6-7,12-13H2,1H3,(H,30,32)(H,31,33). The molecule has 0 aromatic heterocycles. The van der Waals surface area contributed by atoms with Crippen LogP contribution in [0.3, 0.4) is 0 Å². The van der Waals surface area contributed by atoms with Gasteiger partial charge in [-0.2, -0.15) is 0 Å². The van der Waals surface area contributed by atoms with Gasteiger partial charge in [-0.15, -0.1) is 11.8 Å². The van der Waals surface area contributed by atoms with Crippen LogP contribution in [0.15, 0.2) is 77.7 Å². The molecule has 0 spiro atoms. The van der Waals surface area contributed by atoms with Crippen molar-refractivity contribution < 1.29 is 9.59 Å². The summed E-state index contributed by atoms with van der Waals surface area (Å²) in [6, 6.07) is 22.9. The zero-order valence-corrected chi connectivity index (χ0v) is 20.8. The van der Waals surface area contributed by atoms with Gasteiger partial charge in [-0.25, -0.2) is 0 Å². The minimum atomic E-state index is -0.469. The van der Waals surface area contributed by atoms with E-state index in [-0.39, 0.29) is 17.7 Å². The molecule has 2 N–H and O–H groups in total. The molecule has 1 aliphatic rings. The molecular weight excluding hydrogens is 464 g/mol. The average molecular weight is 493 g/mol. The number of hydrogen-bond donors (Lipinski definition) is 2. The minimum absolute atomic E-state index is 0.0915. The summed E-state index contributed by atoms with van der Waals surface area (Å²) in [6.07, 6.45) is 5.37. The van der Waals surface area contributed by atoms with Gasteiger partial charge >= 0.3 is 0 Å². The van der Waals surface area contributed by atoms with Crippen molar-refractivity contribution in [3.8, 4) is 0 Å². The monoisotopic (exact) mass is 492 g/mol. The van der Waals surface area contributed by atoms with E-state index in [0.717, 1.165) is 47.4 Å². The number of carbonyl (C=O) groups excluding carboxylic acids is 2. The summed E-state index contributed by atoms with van der Waals surface area (Å²) < 4.78 is 0. The fourth-order valence-corrected chi connectivity index (χ4v) is 5.49. The Morgan fingerprint density at radius 3 is 2.41 bits per heavy atom. The first-order valence-corrected chi connectivity index (χ1v) is 13.0. The van der Waals surface area contributed by atoms with Crippen molar-refractivity contribution in [1.82, 2.24) is 0 Å². The maximum absolute atomic E-state index is 13.4. The fourth-order valence-electron chi connectivity index (χ4n) is 4.23. The van der Waals surface area contributed by atoms with Crippen LogP contribution in [0.1, 0.15) is 48.5 Å². The number of benzene rings is 3. The van der Waals surface area contributed by atoms with Crippen molar-refractivity contribution in [2.24, 2.45) is 5.92 Å². The van der Waals surface area contributed by atoms with Crippen molar-refractivity contribution >= 4 is 46.6 Å². The Morgan fingerprint density at radius 1 is 0.912 bits per heavy atom. The first-order valence-electron chi connectivity index (χ1n) is 11.7. The molecule has 0 saturated heterocycles. The second kappa shape index (κ2) is 11.6. The van der Waals surface area contributed by atoms with Crippen molar-refractivity contribution in [2.45, 2.75) is 49.2 Å². The molecule has 6 heteroatoms. The molecule has 1 unspecified atom stereocenters. The second-order valence-electron chi connectivity index (χ2n) is 8.66. The molecule has 1 atom stereocenters. The first kappa shape index (κ1) is 24.4. The molecule has 1 saturated carbocycles. The molecule has 176 valence electrons. The molecule has 0 radical (unpaired) electrons. The lowest BCUT2D eigenvalue weighted by atomic mass is 9.88. The zero-order valence-electron chi connectivity index (χ0n) is 19.2. The Bertz CT molecular complexity index is 1150. The van der Waals surface area contributed by atoms with Gasteiger partial charge in [0.1, 0.15) is 5.25 Å². The van der Waals surface area contributed by atoms with Gasteiger partial charge in [-0.05, 0) is 61.2 Å². The zero-order chi connectivity index (χ0) is 23.9. The van der Waals surface area contributed by atoms with Gasteiger partial charge in [0.2, 0.25) is 11.8 Å². The van der Waals surface area contributed by atoms with Crippen LogP contribution >= 0.6 is 23.4 Å². The molecule has 34 heavy (non-hydrogen) atoms. The Kier molecular flexibility index (Phi) is 8.30. The van der Waals surface area contributed by atoms with E-state index >= 15 is 0 Å². The van der Waals surface area contributed by atoms with Crippen molar-refractivity contribution in [3.63, 3.8) is 0 Å². The van der Waals surface area contributed by atoms with Crippen LogP contribution in [-0.2, 0) is 9.59 Å². The number of carbonyl (C=O) groups is 2. The minimum Gasteiger partial charge on any atom is -0.326 e. The highest BCUT2D eigenvalue weighted by Gasteiger charge is 2.24. The third-order valence-electron chi connectivity index (χ3n) is 6.20. The predicted molar refractivity (Wildman–Crippen MR) is 142 cm³/mol. The molecule has 1 aliphatic carbocycles. The number of amides is 2. The van der Waals surface area contributed by atoms with Gasteiger partial charge in [-0.1, -0.05) is 73.3 Å². The third kappa shape index (κ3) is 6.22. The normalized spacial score (nSPS) is 14.9. The number of nitrogens with one attached hydrogen (secondary N) is 2. The summed E-state index contributed by atoms with van der Waals surface area (Å²) in [6.45, 7) is 1.89. The van der Waals surface area contributed by atoms with E-state index < -0.39 is 5.25 Å².